The van der Waals surface area contributed by atoms with E-state index in [2.05, 4.69) is 30.6 Å². The van der Waals surface area contributed by atoms with Crippen molar-refractivity contribution in [2.24, 2.45) is 0 Å². The molecular formula is C21H24F2N6O. The van der Waals surface area contributed by atoms with Crippen LogP contribution in [0.4, 0.5) is 20.4 Å². The molecule has 0 aromatic carbocycles. The molecule has 3 heterocycles. The van der Waals surface area contributed by atoms with Crippen molar-refractivity contribution in [1.82, 2.24) is 19.9 Å². The van der Waals surface area contributed by atoms with Crippen LogP contribution in [0.15, 0.2) is 24.7 Å². The zero-order valence-corrected chi connectivity index (χ0v) is 16.9. The SMILES string of the molecule is CC(C)Nc1ncnc2[nH]cc(C(=O)c3ccc(NC4CCC(F)CC4)nc3F)c12. The minimum absolute atomic E-state index is 0.0564. The number of aromatic nitrogens is 4. The highest BCUT2D eigenvalue weighted by atomic mass is 19.1. The fourth-order valence-corrected chi connectivity index (χ4v) is 3.76. The number of aromatic amines is 1. The van der Waals surface area contributed by atoms with Gasteiger partial charge in [0, 0.05) is 18.3 Å². The Hall–Kier alpha value is -3.10. The van der Waals surface area contributed by atoms with E-state index in [1.54, 1.807) is 6.07 Å². The first-order valence-electron chi connectivity index (χ1n) is 10.1. The van der Waals surface area contributed by atoms with Gasteiger partial charge in [0.25, 0.3) is 0 Å². The third-order valence-corrected chi connectivity index (χ3v) is 5.24. The summed E-state index contributed by atoms with van der Waals surface area (Å²) in [7, 11) is 0. The molecule has 30 heavy (non-hydrogen) atoms. The summed E-state index contributed by atoms with van der Waals surface area (Å²) in [6.45, 7) is 3.91. The maximum atomic E-state index is 14.7. The van der Waals surface area contributed by atoms with Gasteiger partial charge in [-0.05, 0) is 51.7 Å². The number of anilines is 2. The van der Waals surface area contributed by atoms with Gasteiger partial charge in [-0.25, -0.2) is 19.3 Å². The van der Waals surface area contributed by atoms with Gasteiger partial charge >= 0.3 is 0 Å². The first kappa shape index (κ1) is 20.2. The highest BCUT2D eigenvalue weighted by Crippen LogP contribution is 2.28. The minimum atomic E-state index is -0.853. The first-order chi connectivity index (χ1) is 14.4. The summed E-state index contributed by atoms with van der Waals surface area (Å²) in [6, 6.07) is 3.15. The van der Waals surface area contributed by atoms with Gasteiger partial charge in [0.05, 0.1) is 16.5 Å². The fourth-order valence-electron chi connectivity index (χ4n) is 3.76. The maximum Gasteiger partial charge on any atom is 0.226 e. The number of ketones is 1. The molecule has 1 aliphatic rings. The number of carbonyl (C=O) groups is 1. The lowest BCUT2D eigenvalue weighted by molar-refractivity contribution is 0.103. The summed E-state index contributed by atoms with van der Waals surface area (Å²) in [5.41, 5.74) is 0.635. The van der Waals surface area contributed by atoms with Crippen molar-refractivity contribution in [2.75, 3.05) is 10.6 Å². The van der Waals surface area contributed by atoms with Crippen LogP contribution in [0.25, 0.3) is 11.0 Å². The van der Waals surface area contributed by atoms with Gasteiger partial charge in [-0.3, -0.25) is 4.79 Å². The number of hydrogen-bond acceptors (Lipinski definition) is 6. The zero-order valence-electron chi connectivity index (χ0n) is 16.9. The van der Waals surface area contributed by atoms with Gasteiger partial charge in [-0.15, -0.1) is 0 Å². The summed E-state index contributed by atoms with van der Waals surface area (Å²) in [6.07, 6.45) is 4.48. The normalized spacial score (nSPS) is 19.2. The number of nitrogens with one attached hydrogen (secondary N) is 3. The van der Waals surface area contributed by atoms with E-state index in [4.69, 9.17) is 0 Å². The van der Waals surface area contributed by atoms with Gasteiger partial charge in [0.2, 0.25) is 5.95 Å². The molecule has 3 N–H and O–H groups in total. The Morgan fingerprint density at radius 2 is 1.93 bits per heavy atom. The van der Waals surface area contributed by atoms with Gasteiger partial charge in [-0.1, -0.05) is 0 Å². The Bertz CT molecular complexity index is 1060. The quantitative estimate of drug-likeness (QED) is 0.413. The predicted molar refractivity (Wildman–Crippen MR) is 111 cm³/mol. The van der Waals surface area contributed by atoms with E-state index in [1.807, 2.05) is 13.8 Å². The van der Waals surface area contributed by atoms with Crippen molar-refractivity contribution >= 4 is 28.5 Å². The van der Waals surface area contributed by atoms with Gasteiger partial charge < -0.3 is 15.6 Å². The molecule has 9 heteroatoms. The van der Waals surface area contributed by atoms with E-state index in [9.17, 15) is 13.6 Å². The monoisotopic (exact) mass is 414 g/mol. The molecule has 0 unspecified atom stereocenters. The van der Waals surface area contributed by atoms with Gasteiger partial charge in [0.1, 0.15) is 29.8 Å². The number of hydrogen-bond donors (Lipinski definition) is 3. The van der Waals surface area contributed by atoms with Crippen LogP contribution in [0.5, 0.6) is 0 Å². The molecule has 3 aromatic rings. The molecule has 1 fully saturated rings. The standard InChI is InChI=1S/C21H24F2N6O/c1-11(2)27-21-17-15(9-24-20(17)25-10-26-21)18(30)14-7-8-16(29-19(14)23)28-13-5-3-12(22)4-6-13/h7-13H,3-6H2,1-2H3,(H,28,29)(H2,24,25,26,27). The average molecular weight is 414 g/mol. The van der Waals surface area contributed by atoms with Gasteiger partial charge in [-0.2, -0.15) is 4.39 Å². The molecule has 3 aromatic heterocycles. The molecule has 1 saturated carbocycles. The first-order valence-corrected chi connectivity index (χ1v) is 10.1. The van der Waals surface area contributed by atoms with Crippen LogP contribution in [0.3, 0.4) is 0 Å². The number of nitrogens with zero attached hydrogens (tertiary/aromatic N) is 3. The second-order valence-corrected chi connectivity index (χ2v) is 7.90. The van der Waals surface area contributed by atoms with E-state index in [-0.39, 0.29) is 23.2 Å². The van der Waals surface area contributed by atoms with Crippen molar-refractivity contribution in [3.63, 3.8) is 0 Å². The second kappa shape index (κ2) is 8.33. The highest BCUT2D eigenvalue weighted by Gasteiger charge is 2.24. The molecule has 4 rings (SSSR count). The fraction of sp³-hybridized carbons (Fsp3) is 0.429. The topological polar surface area (TPSA) is 95.6 Å². The van der Waals surface area contributed by atoms with Crippen molar-refractivity contribution in [3.8, 4) is 0 Å². The van der Waals surface area contributed by atoms with Crippen LogP contribution < -0.4 is 10.6 Å². The number of H-pyrrole nitrogens is 1. The predicted octanol–water partition coefficient (Wildman–Crippen LogP) is 4.24. The van der Waals surface area contributed by atoms with Gasteiger partial charge in [0.15, 0.2) is 5.78 Å². The van der Waals surface area contributed by atoms with Crippen molar-refractivity contribution in [3.05, 3.63) is 41.7 Å². The zero-order chi connectivity index (χ0) is 21.3. The Kier molecular flexibility index (Phi) is 5.61. The lowest BCUT2D eigenvalue weighted by Crippen LogP contribution is -2.27. The van der Waals surface area contributed by atoms with Crippen LogP contribution in [0.1, 0.15) is 55.5 Å². The summed E-state index contributed by atoms with van der Waals surface area (Å²) in [5.74, 6) is -0.503. The van der Waals surface area contributed by atoms with E-state index < -0.39 is 17.9 Å². The number of halogens is 2. The third kappa shape index (κ3) is 4.10. The molecule has 0 aliphatic heterocycles. The molecule has 158 valence electrons. The lowest BCUT2D eigenvalue weighted by Gasteiger charge is -2.25. The highest BCUT2D eigenvalue weighted by molar-refractivity contribution is 6.18. The summed E-state index contributed by atoms with van der Waals surface area (Å²) in [5, 5.41) is 6.84. The van der Waals surface area contributed by atoms with E-state index in [1.165, 1.54) is 18.6 Å². The summed E-state index contributed by atoms with van der Waals surface area (Å²) >= 11 is 0. The Balaban J connectivity index is 1.59. The second-order valence-electron chi connectivity index (χ2n) is 7.90. The van der Waals surface area contributed by atoms with E-state index in [0.717, 1.165) is 0 Å². The van der Waals surface area contributed by atoms with Crippen LogP contribution in [0, 0.1) is 5.95 Å². The number of alkyl halides is 1. The molecule has 7 nitrogen and oxygen atoms in total. The molecule has 0 radical (unpaired) electrons. The minimum Gasteiger partial charge on any atom is -0.367 e. The average Bonchev–Trinajstić information content (AvgIpc) is 3.14. The van der Waals surface area contributed by atoms with Crippen LogP contribution in [-0.4, -0.2) is 44.0 Å². The van der Waals surface area contributed by atoms with Crippen LogP contribution in [0.2, 0.25) is 0 Å². The van der Waals surface area contributed by atoms with Crippen molar-refractivity contribution in [2.45, 2.75) is 57.8 Å². The van der Waals surface area contributed by atoms with Crippen LogP contribution in [-0.2, 0) is 0 Å². The largest absolute Gasteiger partial charge is 0.367 e. The smallest absolute Gasteiger partial charge is 0.226 e. The molecule has 0 saturated heterocycles. The van der Waals surface area contributed by atoms with E-state index >= 15 is 0 Å². The lowest BCUT2D eigenvalue weighted by atomic mass is 9.94. The maximum absolute atomic E-state index is 14.7. The number of carbonyl (C=O) groups excluding carboxylic acids is 1. The molecule has 0 spiro atoms. The summed E-state index contributed by atoms with van der Waals surface area (Å²) in [4.78, 5) is 28.3. The number of pyridine rings is 1. The molecule has 1 aliphatic carbocycles. The Morgan fingerprint density at radius 1 is 1.17 bits per heavy atom. The number of fused-ring (bicyclic) bond motifs is 1. The summed E-state index contributed by atoms with van der Waals surface area (Å²) < 4.78 is 28.0. The number of rotatable bonds is 6. The molecule has 0 atom stereocenters. The van der Waals surface area contributed by atoms with Crippen molar-refractivity contribution < 1.29 is 13.6 Å². The Labute approximate surface area is 172 Å². The third-order valence-electron chi connectivity index (χ3n) is 5.24. The molecule has 0 amide bonds. The molecule has 0 bridgehead atoms. The van der Waals surface area contributed by atoms with Crippen molar-refractivity contribution in [1.29, 1.82) is 0 Å². The van der Waals surface area contributed by atoms with Crippen LogP contribution >= 0.6 is 0 Å². The molecular weight excluding hydrogens is 390 g/mol. The van der Waals surface area contributed by atoms with E-state index in [0.29, 0.717) is 48.4 Å². The Morgan fingerprint density at radius 3 is 2.63 bits per heavy atom.